The Balaban J connectivity index is 1.73. The molecule has 0 radical (unpaired) electrons. The molecule has 1 aromatic carbocycles. The smallest absolute Gasteiger partial charge is 0.343 e. The molecule has 0 spiro atoms. The molecule has 2 aromatic rings. The van der Waals surface area contributed by atoms with Gasteiger partial charge in [0, 0.05) is 23.5 Å². The quantitative estimate of drug-likeness (QED) is 0.595. The van der Waals surface area contributed by atoms with Crippen LogP contribution in [0.4, 0.5) is 14.7 Å². The number of benzene rings is 1. The summed E-state index contributed by atoms with van der Waals surface area (Å²) in [5, 5.41) is 9.21. The lowest BCUT2D eigenvalue weighted by Gasteiger charge is -2.25. The van der Waals surface area contributed by atoms with Crippen molar-refractivity contribution in [2.75, 3.05) is 18.7 Å². The highest BCUT2D eigenvalue weighted by molar-refractivity contribution is 7.14. The van der Waals surface area contributed by atoms with Crippen LogP contribution in [0.25, 0.3) is 11.3 Å². The highest BCUT2D eigenvalue weighted by atomic mass is 32.1. The molecule has 0 unspecified atom stereocenters. The maximum Gasteiger partial charge on any atom is 0.343 e. The van der Waals surface area contributed by atoms with Crippen molar-refractivity contribution >= 4 is 28.5 Å². The van der Waals surface area contributed by atoms with Gasteiger partial charge in [-0.25, -0.2) is 20.0 Å². The summed E-state index contributed by atoms with van der Waals surface area (Å²) in [7, 11) is 1.62. The number of hydrogen-bond acceptors (Lipinski definition) is 5. The van der Waals surface area contributed by atoms with Crippen molar-refractivity contribution in [3.63, 3.8) is 0 Å². The molecule has 1 heterocycles. The molecule has 1 fully saturated rings. The number of rotatable bonds is 6. The Kier molecular flexibility index (Phi) is 7.89. The Morgan fingerprint density at radius 2 is 1.93 bits per heavy atom. The van der Waals surface area contributed by atoms with E-state index in [9.17, 15) is 9.59 Å². The first-order valence-electron chi connectivity index (χ1n) is 10.4. The number of thiazole rings is 1. The molecule has 4 amide bonds. The molecule has 0 atom stereocenters. The highest BCUT2D eigenvalue weighted by Crippen LogP contribution is 2.28. The van der Waals surface area contributed by atoms with Gasteiger partial charge in [-0.1, -0.05) is 26.2 Å². The van der Waals surface area contributed by atoms with Crippen LogP contribution in [0.1, 0.15) is 45.4 Å². The lowest BCUT2D eigenvalue weighted by Crippen LogP contribution is -2.55. The summed E-state index contributed by atoms with van der Waals surface area (Å²) in [5.41, 5.74) is 4.30. The topological polar surface area (TPSA) is 95.6 Å². The van der Waals surface area contributed by atoms with E-state index in [2.05, 4.69) is 21.0 Å². The van der Waals surface area contributed by atoms with Gasteiger partial charge < -0.3 is 15.4 Å². The van der Waals surface area contributed by atoms with E-state index in [1.807, 2.05) is 36.6 Å². The van der Waals surface area contributed by atoms with Gasteiger partial charge in [0.2, 0.25) is 5.13 Å². The number of aromatic nitrogens is 1. The summed E-state index contributed by atoms with van der Waals surface area (Å²) < 4.78 is 5.19. The maximum absolute atomic E-state index is 12.7. The molecule has 1 saturated carbocycles. The zero-order valence-corrected chi connectivity index (χ0v) is 18.3. The average Bonchev–Trinajstić information content (AvgIpc) is 3.26. The first kappa shape index (κ1) is 21.9. The Labute approximate surface area is 181 Å². The number of ether oxygens (including phenoxy) is 1. The number of carbonyl (C=O) groups is 2. The fourth-order valence-corrected chi connectivity index (χ4v) is 4.11. The van der Waals surface area contributed by atoms with Crippen molar-refractivity contribution in [2.45, 2.75) is 51.5 Å². The summed E-state index contributed by atoms with van der Waals surface area (Å²) in [5.74, 6) is 0.760. The highest BCUT2D eigenvalue weighted by Gasteiger charge is 2.23. The molecule has 162 valence electrons. The lowest BCUT2D eigenvalue weighted by atomic mass is 9.96. The van der Waals surface area contributed by atoms with Crippen molar-refractivity contribution < 1.29 is 14.3 Å². The van der Waals surface area contributed by atoms with Crippen molar-refractivity contribution in [3.05, 3.63) is 29.6 Å². The van der Waals surface area contributed by atoms with E-state index in [4.69, 9.17) is 4.74 Å². The van der Waals surface area contributed by atoms with Gasteiger partial charge in [0.05, 0.1) is 12.8 Å². The van der Waals surface area contributed by atoms with Crippen molar-refractivity contribution in [1.82, 2.24) is 21.0 Å². The third-order valence-electron chi connectivity index (χ3n) is 4.95. The molecule has 8 nitrogen and oxygen atoms in total. The van der Waals surface area contributed by atoms with E-state index >= 15 is 0 Å². The standard InChI is InChI=1S/C21H29N5O3S/c1-3-13-22-20(28)26(25-19(27)23-16-7-5-4-6-8-16)21-24-18(14-30-21)15-9-11-17(29-2)12-10-15/h9-12,14,16H,3-8,13H2,1-2H3,(H,22,28)(H2,23,25,27). The first-order chi connectivity index (χ1) is 14.6. The second kappa shape index (κ2) is 10.8. The largest absolute Gasteiger partial charge is 0.497 e. The molecular formula is C21H29N5O3S. The molecule has 0 saturated heterocycles. The van der Waals surface area contributed by atoms with Crippen LogP contribution < -0.4 is 25.8 Å². The van der Waals surface area contributed by atoms with Gasteiger partial charge >= 0.3 is 12.1 Å². The minimum atomic E-state index is -0.411. The van der Waals surface area contributed by atoms with Gasteiger partial charge in [0.25, 0.3) is 0 Å². The third-order valence-corrected chi connectivity index (χ3v) is 5.78. The van der Waals surface area contributed by atoms with Gasteiger partial charge in [-0.2, -0.15) is 5.01 Å². The van der Waals surface area contributed by atoms with Crippen LogP contribution in [-0.2, 0) is 0 Å². The van der Waals surface area contributed by atoms with Gasteiger partial charge in [0.15, 0.2) is 0 Å². The monoisotopic (exact) mass is 431 g/mol. The summed E-state index contributed by atoms with van der Waals surface area (Å²) in [6, 6.07) is 6.86. The molecule has 0 aliphatic heterocycles. The molecule has 9 heteroatoms. The minimum absolute atomic E-state index is 0.144. The lowest BCUT2D eigenvalue weighted by molar-refractivity contribution is 0.225. The number of hydrogen-bond donors (Lipinski definition) is 3. The molecule has 0 bridgehead atoms. The van der Waals surface area contributed by atoms with Crippen LogP contribution >= 0.6 is 11.3 Å². The van der Waals surface area contributed by atoms with E-state index in [-0.39, 0.29) is 6.04 Å². The van der Waals surface area contributed by atoms with Gasteiger partial charge in [-0.3, -0.25) is 0 Å². The minimum Gasteiger partial charge on any atom is -0.497 e. The van der Waals surface area contributed by atoms with Gasteiger partial charge in [0.1, 0.15) is 5.75 Å². The van der Waals surface area contributed by atoms with E-state index in [1.165, 1.54) is 22.8 Å². The molecule has 1 aliphatic rings. The van der Waals surface area contributed by atoms with E-state index in [1.54, 1.807) is 7.11 Å². The number of carbonyl (C=O) groups excluding carboxylic acids is 2. The second-order valence-corrected chi connectivity index (χ2v) is 8.07. The maximum atomic E-state index is 12.7. The van der Waals surface area contributed by atoms with Gasteiger partial charge in [-0.05, 0) is 43.5 Å². The molecule has 3 rings (SSSR count). The van der Waals surface area contributed by atoms with E-state index in [0.29, 0.717) is 11.7 Å². The zero-order valence-electron chi connectivity index (χ0n) is 17.4. The molecule has 1 aliphatic carbocycles. The van der Waals surface area contributed by atoms with Crippen LogP contribution in [0.15, 0.2) is 29.6 Å². The average molecular weight is 432 g/mol. The Morgan fingerprint density at radius 1 is 1.20 bits per heavy atom. The third kappa shape index (κ3) is 5.85. The number of hydrazine groups is 1. The Hall–Kier alpha value is -2.81. The van der Waals surface area contributed by atoms with Crippen molar-refractivity contribution in [2.24, 2.45) is 0 Å². The van der Waals surface area contributed by atoms with E-state index in [0.717, 1.165) is 49.1 Å². The van der Waals surface area contributed by atoms with Gasteiger partial charge in [-0.15, -0.1) is 11.3 Å². The van der Waals surface area contributed by atoms with Crippen LogP contribution in [0.5, 0.6) is 5.75 Å². The molecule has 3 N–H and O–H groups in total. The van der Waals surface area contributed by atoms with E-state index < -0.39 is 12.1 Å². The zero-order chi connectivity index (χ0) is 21.3. The van der Waals surface area contributed by atoms with Crippen LogP contribution in [0.2, 0.25) is 0 Å². The predicted molar refractivity (Wildman–Crippen MR) is 119 cm³/mol. The summed E-state index contributed by atoms with van der Waals surface area (Å²) in [4.78, 5) is 29.8. The molecular weight excluding hydrogens is 402 g/mol. The fourth-order valence-electron chi connectivity index (χ4n) is 3.32. The summed E-state index contributed by atoms with van der Waals surface area (Å²) in [6.07, 6.45) is 6.16. The van der Waals surface area contributed by atoms with Crippen molar-refractivity contribution in [1.29, 1.82) is 0 Å². The first-order valence-corrected chi connectivity index (χ1v) is 11.2. The summed E-state index contributed by atoms with van der Waals surface area (Å²) >= 11 is 1.29. The van der Waals surface area contributed by atoms with Crippen LogP contribution in [0.3, 0.4) is 0 Å². The molecule has 1 aromatic heterocycles. The normalized spacial score (nSPS) is 14.1. The summed E-state index contributed by atoms with van der Waals surface area (Å²) in [6.45, 7) is 2.48. The number of methoxy groups -OCH3 is 1. The van der Waals surface area contributed by atoms with Crippen LogP contribution in [-0.4, -0.2) is 36.7 Å². The van der Waals surface area contributed by atoms with Crippen molar-refractivity contribution in [3.8, 4) is 17.0 Å². The van der Waals surface area contributed by atoms with Crippen LogP contribution in [0, 0.1) is 0 Å². The Morgan fingerprint density at radius 3 is 2.60 bits per heavy atom. The fraction of sp³-hybridized carbons (Fsp3) is 0.476. The number of nitrogens with zero attached hydrogens (tertiary/aromatic N) is 2. The predicted octanol–water partition coefficient (Wildman–Crippen LogP) is 4.29. The second-order valence-electron chi connectivity index (χ2n) is 7.23. The SMILES string of the molecule is CCCNC(=O)N(NC(=O)NC1CCCCC1)c1nc(-c2ccc(OC)cc2)cs1. The number of amides is 4. The number of nitrogens with one attached hydrogen (secondary N) is 3. The molecule has 30 heavy (non-hydrogen) atoms. The Bertz CT molecular complexity index is 833. The number of anilines is 1. The number of urea groups is 2.